The van der Waals surface area contributed by atoms with Crippen molar-refractivity contribution in [2.75, 3.05) is 5.32 Å². The SMILES string of the molecule is Cc1ccc(NC(=O)CC2CC3CCC(C2)N3)c(F)c1. The molecule has 4 heteroatoms. The van der Waals surface area contributed by atoms with Crippen molar-refractivity contribution in [1.29, 1.82) is 0 Å². The highest BCUT2D eigenvalue weighted by atomic mass is 19.1. The van der Waals surface area contributed by atoms with Gasteiger partial charge in [0.05, 0.1) is 5.69 Å². The lowest BCUT2D eigenvalue weighted by Crippen LogP contribution is -2.39. The standard InChI is InChI=1S/C16H21FN2O/c1-10-2-5-15(14(17)6-10)19-16(20)9-11-7-12-3-4-13(8-11)18-12/h2,5-6,11-13,18H,3-4,7-9H2,1H3,(H,19,20). The number of anilines is 1. The maximum atomic E-state index is 13.7. The molecule has 2 aliphatic rings. The molecule has 2 aliphatic heterocycles. The van der Waals surface area contributed by atoms with Gasteiger partial charge in [-0.3, -0.25) is 4.79 Å². The first-order valence-corrected chi connectivity index (χ1v) is 7.42. The second-order valence-corrected chi connectivity index (χ2v) is 6.21. The summed E-state index contributed by atoms with van der Waals surface area (Å²) in [5.74, 6) is 0.00467. The summed E-state index contributed by atoms with van der Waals surface area (Å²) in [6, 6.07) is 6.06. The molecule has 0 spiro atoms. The molecule has 3 nitrogen and oxygen atoms in total. The van der Waals surface area contributed by atoms with Gasteiger partial charge < -0.3 is 10.6 Å². The molecule has 1 aromatic carbocycles. The average Bonchev–Trinajstić information content (AvgIpc) is 2.72. The molecular formula is C16H21FN2O. The first kappa shape index (κ1) is 13.6. The van der Waals surface area contributed by atoms with Gasteiger partial charge in [-0.25, -0.2) is 4.39 Å². The minimum Gasteiger partial charge on any atom is -0.324 e. The van der Waals surface area contributed by atoms with E-state index in [1.165, 1.54) is 18.9 Å². The maximum absolute atomic E-state index is 13.7. The third-order valence-electron chi connectivity index (χ3n) is 4.44. The fraction of sp³-hybridized carbons (Fsp3) is 0.562. The van der Waals surface area contributed by atoms with Crippen molar-refractivity contribution < 1.29 is 9.18 Å². The lowest BCUT2D eigenvalue weighted by Gasteiger charge is -2.28. The second-order valence-electron chi connectivity index (χ2n) is 6.21. The average molecular weight is 276 g/mol. The fourth-order valence-corrected chi connectivity index (χ4v) is 3.53. The van der Waals surface area contributed by atoms with Crippen LogP contribution in [-0.2, 0) is 4.79 Å². The zero-order chi connectivity index (χ0) is 14.1. The molecule has 2 bridgehead atoms. The van der Waals surface area contributed by atoms with Crippen LogP contribution in [-0.4, -0.2) is 18.0 Å². The molecule has 2 N–H and O–H groups in total. The van der Waals surface area contributed by atoms with Gasteiger partial charge in [0.2, 0.25) is 5.91 Å². The van der Waals surface area contributed by atoms with Crippen LogP contribution in [0.15, 0.2) is 18.2 Å². The molecule has 0 radical (unpaired) electrons. The van der Waals surface area contributed by atoms with Crippen molar-refractivity contribution in [3.63, 3.8) is 0 Å². The predicted molar refractivity (Wildman–Crippen MR) is 77.1 cm³/mol. The Labute approximate surface area is 118 Å². The number of benzene rings is 1. The summed E-state index contributed by atoms with van der Waals surface area (Å²) in [5, 5.41) is 6.27. The Morgan fingerprint density at radius 3 is 2.70 bits per heavy atom. The second kappa shape index (κ2) is 5.52. The molecule has 1 aromatic rings. The van der Waals surface area contributed by atoms with Gasteiger partial charge in [-0.15, -0.1) is 0 Å². The highest BCUT2D eigenvalue weighted by Crippen LogP contribution is 2.32. The van der Waals surface area contributed by atoms with Crippen molar-refractivity contribution in [1.82, 2.24) is 5.32 Å². The van der Waals surface area contributed by atoms with E-state index >= 15 is 0 Å². The van der Waals surface area contributed by atoms with Crippen molar-refractivity contribution in [2.24, 2.45) is 5.92 Å². The Morgan fingerprint density at radius 2 is 2.05 bits per heavy atom. The summed E-state index contributed by atoms with van der Waals surface area (Å²) in [6.45, 7) is 1.83. The molecule has 2 saturated heterocycles. The van der Waals surface area contributed by atoms with Crippen LogP contribution in [0.4, 0.5) is 10.1 Å². The number of amides is 1. The van der Waals surface area contributed by atoms with Crippen LogP contribution < -0.4 is 10.6 Å². The predicted octanol–water partition coefficient (Wildman–Crippen LogP) is 2.99. The molecule has 2 fully saturated rings. The zero-order valence-electron chi connectivity index (χ0n) is 11.8. The molecular weight excluding hydrogens is 255 g/mol. The van der Waals surface area contributed by atoms with Gasteiger partial charge in [0, 0.05) is 18.5 Å². The van der Waals surface area contributed by atoms with Crippen LogP contribution in [0.25, 0.3) is 0 Å². The first-order valence-electron chi connectivity index (χ1n) is 7.42. The molecule has 108 valence electrons. The zero-order valence-corrected chi connectivity index (χ0v) is 11.8. The summed E-state index contributed by atoms with van der Waals surface area (Å²) < 4.78 is 13.7. The van der Waals surface area contributed by atoms with Gasteiger partial charge in [-0.2, -0.15) is 0 Å². The van der Waals surface area contributed by atoms with E-state index in [2.05, 4.69) is 10.6 Å². The number of hydrogen-bond acceptors (Lipinski definition) is 2. The number of carbonyl (C=O) groups is 1. The van der Waals surface area contributed by atoms with Gasteiger partial charge in [0.15, 0.2) is 0 Å². The monoisotopic (exact) mass is 276 g/mol. The minimum atomic E-state index is -0.358. The Kier molecular flexibility index (Phi) is 3.74. The highest BCUT2D eigenvalue weighted by molar-refractivity contribution is 5.91. The van der Waals surface area contributed by atoms with Crippen LogP contribution in [0, 0.1) is 18.7 Å². The van der Waals surface area contributed by atoms with E-state index in [1.807, 2.05) is 13.0 Å². The number of nitrogens with one attached hydrogen (secondary N) is 2. The first-order chi connectivity index (χ1) is 9.60. The number of hydrogen-bond donors (Lipinski definition) is 2. The van der Waals surface area contributed by atoms with E-state index in [-0.39, 0.29) is 17.4 Å². The van der Waals surface area contributed by atoms with Gasteiger partial charge in [0.25, 0.3) is 0 Å². The fourth-order valence-electron chi connectivity index (χ4n) is 3.53. The van der Waals surface area contributed by atoms with Gasteiger partial charge in [-0.05, 0) is 56.2 Å². The van der Waals surface area contributed by atoms with E-state index in [9.17, 15) is 9.18 Å². The molecule has 2 unspecified atom stereocenters. The Morgan fingerprint density at radius 1 is 1.35 bits per heavy atom. The van der Waals surface area contributed by atoms with Crippen LogP contribution >= 0.6 is 0 Å². The molecule has 0 saturated carbocycles. The van der Waals surface area contributed by atoms with E-state index in [1.54, 1.807) is 6.07 Å². The number of fused-ring (bicyclic) bond motifs is 2. The van der Waals surface area contributed by atoms with Crippen molar-refractivity contribution in [2.45, 2.75) is 51.1 Å². The number of aryl methyl sites for hydroxylation is 1. The maximum Gasteiger partial charge on any atom is 0.224 e. The van der Waals surface area contributed by atoms with Crippen molar-refractivity contribution in [3.05, 3.63) is 29.6 Å². The lowest BCUT2D eigenvalue weighted by molar-refractivity contribution is -0.117. The molecule has 0 aliphatic carbocycles. The number of halogens is 1. The Balaban J connectivity index is 1.57. The molecule has 2 heterocycles. The van der Waals surface area contributed by atoms with Crippen molar-refractivity contribution in [3.8, 4) is 0 Å². The third kappa shape index (κ3) is 3.01. The Bertz CT molecular complexity index is 505. The molecule has 1 amide bonds. The molecule has 2 atom stereocenters. The van der Waals surface area contributed by atoms with Gasteiger partial charge in [0.1, 0.15) is 5.82 Å². The van der Waals surface area contributed by atoms with E-state index < -0.39 is 0 Å². The van der Waals surface area contributed by atoms with Gasteiger partial charge >= 0.3 is 0 Å². The summed E-state index contributed by atoms with van der Waals surface area (Å²) >= 11 is 0. The number of rotatable bonds is 3. The summed E-state index contributed by atoms with van der Waals surface area (Å²) in [5.41, 5.74) is 1.15. The van der Waals surface area contributed by atoms with E-state index in [0.717, 1.165) is 18.4 Å². The third-order valence-corrected chi connectivity index (χ3v) is 4.44. The highest BCUT2D eigenvalue weighted by Gasteiger charge is 2.34. The molecule has 20 heavy (non-hydrogen) atoms. The van der Waals surface area contributed by atoms with Crippen LogP contribution in [0.2, 0.25) is 0 Å². The quantitative estimate of drug-likeness (QED) is 0.891. The minimum absolute atomic E-state index is 0.0703. The topological polar surface area (TPSA) is 41.1 Å². The summed E-state index contributed by atoms with van der Waals surface area (Å²) in [7, 11) is 0. The van der Waals surface area contributed by atoms with E-state index in [0.29, 0.717) is 24.4 Å². The van der Waals surface area contributed by atoms with E-state index in [4.69, 9.17) is 0 Å². The Hall–Kier alpha value is -1.42. The van der Waals surface area contributed by atoms with Crippen LogP contribution in [0.1, 0.15) is 37.7 Å². The molecule has 0 aromatic heterocycles. The van der Waals surface area contributed by atoms with Crippen LogP contribution in [0.3, 0.4) is 0 Å². The van der Waals surface area contributed by atoms with Crippen molar-refractivity contribution >= 4 is 11.6 Å². The largest absolute Gasteiger partial charge is 0.324 e. The number of piperidine rings is 1. The normalized spacial score (nSPS) is 28.4. The molecule has 3 rings (SSSR count). The van der Waals surface area contributed by atoms with Crippen LogP contribution in [0.5, 0.6) is 0 Å². The smallest absolute Gasteiger partial charge is 0.224 e. The number of carbonyl (C=O) groups excluding carboxylic acids is 1. The summed E-state index contributed by atoms with van der Waals surface area (Å²) in [6.07, 6.45) is 5.10. The lowest BCUT2D eigenvalue weighted by atomic mass is 9.89. The van der Waals surface area contributed by atoms with Gasteiger partial charge in [-0.1, -0.05) is 6.07 Å². The summed E-state index contributed by atoms with van der Waals surface area (Å²) in [4.78, 5) is 12.1.